The third kappa shape index (κ3) is 5.10. The van der Waals surface area contributed by atoms with Gasteiger partial charge in [0.1, 0.15) is 0 Å². The predicted molar refractivity (Wildman–Crippen MR) is 177 cm³/mol. The van der Waals surface area contributed by atoms with Crippen molar-refractivity contribution in [2.45, 2.75) is 26.7 Å². The predicted octanol–water partition coefficient (Wildman–Crippen LogP) is 9.50. The van der Waals surface area contributed by atoms with Crippen molar-refractivity contribution < 1.29 is 0 Å². The molecule has 0 N–H and O–H groups in total. The van der Waals surface area contributed by atoms with Crippen molar-refractivity contribution in [2.24, 2.45) is 0 Å². The molecule has 2 heterocycles. The molecule has 0 atom stereocenters. The molecule has 7 aromatic rings. The van der Waals surface area contributed by atoms with Crippen LogP contribution in [0.5, 0.6) is 0 Å². The minimum atomic E-state index is 0.818. The smallest absolute Gasteiger partial charge is 0.0925 e. The van der Waals surface area contributed by atoms with Crippen LogP contribution < -0.4 is 4.90 Å². The quantitative estimate of drug-likeness (QED) is 0.195. The Labute approximate surface area is 251 Å². The van der Waals surface area contributed by atoms with Crippen molar-refractivity contribution in [3.8, 4) is 22.5 Å². The summed E-state index contributed by atoms with van der Waals surface area (Å²) in [6, 6.07) is 43.8. The zero-order chi connectivity index (χ0) is 29.2. The van der Waals surface area contributed by atoms with E-state index in [4.69, 9.17) is 19.9 Å². The van der Waals surface area contributed by atoms with E-state index < -0.39 is 0 Å². The first-order valence-electron chi connectivity index (χ1n) is 14.8. The summed E-state index contributed by atoms with van der Waals surface area (Å²) >= 11 is 0. The normalized spacial score (nSPS) is 11.2. The van der Waals surface area contributed by atoms with Crippen LogP contribution in [0.2, 0.25) is 0 Å². The first-order valence-corrected chi connectivity index (χ1v) is 14.8. The molecular weight excluding hydrogens is 526 g/mol. The number of benzene rings is 5. The number of anilines is 3. The van der Waals surface area contributed by atoms with Gasteiger partial charge in [0.25, 0.3) is 0 Å². The minimum absolute atomic E-state index is 0.818. The van der Waals surface area contributed by atoms with Crippen LogP contribution in [0.3, 0.4) is 0 Å². The molecule has 0 aliphatic carbocycles. The van der Waals surface area contributed by atoms with Gasteiger partial charge in [-0.15, -0.1) is 0 Å². The van der Waals surface area contributed by atoms with E-state index in [1.165, 1.54) is 0 Å². The fourth-order valence-corrected chi connectivity index (χ4v) is 5.59. The van der Waals surface area contributed by atoms with Gasteiger partial charge in [-0.3, -0.25) is 0 Å². The molecule has 0 unspecified atom stereocenters. The summed E-state index contributed by atoms with van der Waals surface area (Å²) in [4.78, 5) is 22.1. The average Bonchev–Trinajstić information content (AvgIpc) is 3.08. The van der Waals surface area contributed by atoms with Crippen LogP contribution in [0.1, 0.15) is 25.2 Å². The molecule has 5 nitrogen and oxygen atoms in total. The average molecular weight is 558 g/mol. The Bertz CT molecular complexity index is 1900. The Morgan fingerprint density at radius 2 is 0.744 bits per heavy atom. The van der Waals surface area contributed by atoms with Crippen LogP contribution in [0.4, 0.5) is 17.1 Å². The first kappa shape index (κ1) is 26.5. The van der Waals surface area contributed by atoms with Crippen LogP contribution in [0.25, 0.3) is 44.6 Å². The summed E-state index contributed by atoms with van der Waals surface area (Å²) in [6.45, 7) is 4.26. The molecule has 0 aliphatic rings. The number of hydrogen-bond acceptors (Lipinski definition) is 5. The Kier molecular flexibility index (Phi) is 7.05. The fourth-order valence-electron chi connectivity index (χ4n) is 5.59. The molecule has 5 heteroatoms. The number of aryl methyl sites for hydroxylation is 2. The second-order valence-corrected chi connectivity index (χ2v) is 10.5. The lowest BCUT2D eigenvalue weighted by molar-refractivity contribution is 1.04. The summed E-state index contributed by atoms with van der Waals surface area (Å²) in [5.74, 6) is 0. The molecule has 0 amide bonds. The standard InChI is InChI=1S/C38H31N5/c1-3-31-37(41-35-16-10-8-14-33(35)39-31)26-18-22-29(23-19-26)43(28-12-6-5-7-13-28)30-24-20-27(21-25-30)38-32(4-2)40-34-15-9-11-17-36(34)42-38/h5-25H,3-4H2,1-2H3. The van der Waals surface area contributed by atoms with Gasteiger partial charge >= 0.3 is 0 Å². The summed E-state index contributed by atoms with van der Waals surface area (Å²) in [6.07, 6.45) is 1.64. The molecule has 0 spiro atoms. The van der Waals surface area contributed by atoms with E-state index in [9.17, 15) is 0 Å². The monoisotopic (exact) mass is 557 g/mol. The summed E-state index contributed by atoms with van der Waals surface area (Å²) in [5.41, 5.74) is 12.9. The Morgan fingerprint density at radius 1 is 0.395 bits per heavy atom. The number of hydrogen-bond donors (Lipinski definition) is 0. The zero-order valence-electron chi connectivity index (χ0n) is 24.3. The summed E-state index contributed by atoms with van der Waals surface area (Å²) in [5, 5.41) is 0. The van der Waals surface area contributed by atoms with Crippen LogP contribution in [-0.4, -0.2) is 19.9 Å². The summed E-state index contributed by atoms with van der Waals surface area (Å²) < 4.78 is 0. The van der Waals surface area contributed by atoms with E-state index in [-0.39, 0.29) is 0 Å². The third-order valence-electron chi connectivity index (χ3n) is 7.77. The molecule has 0 fully saturated rings. The SMILES string of the molecule is CCc1nc2ccccc2nc1-c1ccc(N(c2ccccc2)c2ccc(-c3nc4ccccc4nc3CC)cc2)cc1. The van der Waals surface area contributed by atoms with E-state index in [1.807, 2.05) is 54.6 Å². The van der Waals surface area contributed by atoms with Crippen molar-refractivity contribution in [2.75, 3.05) is 4.90 Å². The molecule has 0 saturated heterocycles. The molecule has 0 saturated carbocycles. The van der Waals surface area contributed by atoms with Crippen LogP contribution >= 0.6 is 0 Å². The molecule has 0 aliphatic heterocycles. The Balaban J connectivity index is 1.27. The molecule has 5 aromatic carbocycles. The zero-order valence-corrected chi connectivity index (χ0v) is 24.3. The van der Waals surface area contributed by atoms with Gasteiger partial charge in [-0.2, -0.15) is 0 Å². The number of aromatic nitrogens is 4. The lowest BCUT2D eigenvalue weighted by Gasteiger charge is -2.26. The molecular formula is C38H31N5. The van der Waals surface area contributed by atoms with E-state index in [2.05, 4.69) is 91.5 Å². The minimum Gasteiger partial charge on any atom is -0.311 e. The highest BCUT2D eigenvalue weighted by Gasteiger charge is 2.16. The van der Waals surface area contributed by atoms with E-state index >= 15 is 0 Å². The molecule has 2 aromatic heterocycles. The number of rotatable bonds is 7. The van der Waals surface area contributed by atoms with Crippen LogP contribution in [0.15, 0.2) is 127 Å². The second kappa shape index (κ2) is 11.5. The van der Waals surface area contributed by atoms with Gasteiger partial charge in [-0.05, 0) is 73.5 Å². The highest BCUT2D eigenvalue weighted by molar-refractivity contribution is 5.83. The van der Waals surface area contributed by atoms with Crippen molar-refractivity contribution in [3.05, 3.63) is 139 Å². The third-order valence-corrected chi connectivity index (χ3v) is 7.77. The van der Waals surface area contributed by atoms with Crippen molar-refractivity contribution in [1.29, 1.82) is 0 Å². The van der Waals surface area contributed by atoms with E-state index in [0.717, 1.165) is 85.9 Å². The van der Waals surface area contributed by atoms with E-state index in [1.54, 1.807) is 0 Å². The topological polar surface area (TPSA) is 54.8 Å². The maximum Gasteiger partial charge on any atom is 0.0925 e. The highest BCUT2D eigenvalue weighted by Crippen LogP contribution is 2.37. The molecule has 43 heavy (non-hydrogen) atoms. The molecule has 0 radical (unpaired) electrons. The number of nitrogens with zero attached hydrogens (tertiary/aromatic N) is 5. The fraction of sp³-hybridized carbons (Fsp3) is 0.105. The van der Waals surface area contributed by atoms with Gasteiger partial charge in [0.2, 0.25) is 0 Å². The molecule has 208 valence electrons. The summed E-state index contributed by atoms with van der Waals surface area (Å²) in [7, 11) is 0. The van der Waals surface area contributed by atoms with Crippen molar-refractivity contribution in [3.63, 3.8) is 0 Å². The Morgan fingerprint density at radius 3 is 1.14 bits per heavy atom. The van der Waals surface area contributed by atoms with Gasteiger partial charge in [0, 0.05) is 28.2 Å². The first-order chi connectivity index (χ1) is 21.2. The van der Waals surface area contributed by atoms with Gasteiger partial charge in [-0.25, -0.2) is 19.9 Å². The maximum atomic E-state index is 4.99. The van der Waals surface area contributed by atoms with Gasteiger partial charge in [0.15, 0.2) is 0 Å². The molecule has 7 rings (SSSR count). The van der Waals surface area contributed by atoms with Gasteiger partial charge < -0.3 is 4.90 Å². The van der Waals surface area contributed by atoms with Crippen LogP contribution in [0, 0.1) is 0 Å². The van der Waals surface area contributed by atoms with Crippen molar-refractivity contribution >= 4 is 39.1 Å². The van der Waals surface area contributed by atoms with Gasteiger partial charge in [-0.1, -0.05) is 80.6 Å². The van der Waals surface area contributed by atoms with Crippen molar-refractivity contribution in [1.82, 2.24) is 19.9 Å². The number of para-hydroxylation sites is 5. The lowest BCUT2D eigenvalue weighted by atomic mass is 10.0. The maximum absolute atomic E-state index is 4.99. The van der Waals surface area contributed by atoms with Gasteiger partial charge in [0.05, 0.1) is 44.8 Å². The largest absolute Gasteiger partial charge is 0.311 e. The lowest BCUT2D eigenvalue weighted by Crippen LogP contribution is -2.10. The van der Waals surface area contributed by atoms with Crippen LogP contribution in [-0.2, 0) is 12.8 Å². The molecule has 0 bridgehead atoms. The van der Waals surface area contributed by atoms with E-state index in [0.29, 0.717) is 0 Å². The second-order valence-electron chi connectivity index (χ2n) is 10.5. The number of fused-ring (bicyclic) bond motifs is 2. The Hall–Kier alpha value is -5.42. The highest BCUT2D eigenvalue weighted by atomic mass is 15.1.